The van der Waals surface area contributed by atoms with E-state index in [1.165, 1.54) is 6.42 Å². The van der Waals surface area contributed by atoms with Gasteiger partial charge in [0.15, 0.2) is 0 Å². The third kappa shape index (κ3) is 3.19. The van der Waals surface area contributed by atoms with Crippen molar-refractivity contribution in [1.29, 1.82) is 0 Å². The Bertz CT molecular complexity index is 333. The highest BCUT2D eigenvalue weighted by molar-refractivity contribution is 9.10. The molecule has 16 heavy (non-hydrogen) atoms. The van der Waals surface area contributed by atoms with Gasteiger partial charge in [0, 0.05) is 17.2 Å². The molecule has 0 saturated heterocycles. The van der Waals surface area contributed by atoms with Gasteiger partial charge in [-0.2, -0.15) is 0 Å². The Hall–Kier alpha value is -0.610. The van der Waals surface area contributed by atoms with Gasteiger partial charge in [-0.15, -0.1) is 0 Å². The molecule has 2 rings (SSSR count). The van der Waals surface area contributed by atoms with Crippen LogP contribution >= 0.6 is 15.9 Å². The Morgan fingerprint density at radius 3 is 2.69 bits per heavy atom. The summed E-state index contributed by atoms with van der Waals surface area (Å²) in [6.07, 6.45) is 7.07. The predicted molar refractivity (Wildman–Crippen MR) is 68.5 cm³/mol. The molecule has 1 aromatic heterocycles. The van der Waals surface area contributed by atoms with E-state index in [0.717, 1.165) is 36.0 Å². The van der Waals surface area contributed by atoms with Crippen molar-refractivity contribution in [3.05, 3.63) is 22.8 Å². The number of aliphatic hydroxyl groups is 1. The molecule has 2 N–H and O–H groups in total. The molecule has 3 nitrogen and oxygen atoms in total. The normalized spacial score (nSPS) is 19.4. The monoisotopic (exact) mass is 284 g/mol. The fourth-order valence-corrected chi connectivity index (χ4v) is 2.36. The number of halogens is 1. The molecule has 1 aliphatic carbocycles. The van der Waals surface area contributed by atoms with Crippen LogP contribution in [0.4, 0.5) is 5.82 Å². The molecular weight excluding hydrogens is 268 g/mol. The van der Waals surface area contributed by atoms with Crippen molar-refractivity contribution in [2.75, 3.05) is 11.9 Å². The zero-order valence-electron chi connectivity index (χ0n) is 9.25. The first-order chi connectivity index (χ1) is 7.68. The molecule has 1 aliphatic rings. The molecule has 1 saturated carbocycles. The first-order valence-electron chi connectivity index (χ1n) is 5.76. The summed E-state index contributed by atoms with van der Waals surface area (Å²) in [5.74, 6) is 0.821. The molecule has 0 aromatic carbocycles. The van der Waals surface area contributed by atoms with Crippen LogP contribution in [0.5, 0.6) is 0 Å². The van der Waals surface area contributed by atoms with Crippen LogP contribution in [-0.2, 0) is 0 Å². The van der Waals surface area contributed by atoms with E-state index in [1.54, 1.807) is 6.20 Å². The van der Waals surface area contributed by atoms with Crippen LogP contribution in [0.3, 0.4) is 0 Å². The van der Waals surface area contributed by atoms with Crippen molar-refractivity contribution in [1.82, 2.24) is 4.98 Å². The molecule has 0 bridgehead atoms. The van der Waals surface area contributed by atoms with Gasteiger partial charge in [-0.1, -0.05) is 19.3 Å². The summed E-state index contributed by atoms with van der Waals surface area (Å²) in [7, 11) is 0. The molecule has 0 atom stereocenters. The Labute approximate surface area is 104 Å². The van der Waals surface area contributed by atoms with Crippen LogP contribution < -0.4 is 5.32 Å². The second-order valence-electron chi connectivity index (χ2n) is 4.50. The summed E-state index contributed by atoms with van der Waals surface area (Å²) >= 11 is 3.34. The fourth-order valence-electron chi connectivity index (χ4n) is 2.12. The Balaban J connectivity index is 1.88. The molecule has 0 radical (unpaired) electrons. The van der Waals surface area contributed by atoms with Crippen molar-refractivity contribution in [2.45, 2.75) is 37.7 Å². The lowest BCUT2D eigenvalue weighted by Gasteiger charge is -2.32. The maximum atomic E-state index is 10.3. The molecule has 0 amide bonds. The molecule has 0 unspecified atom stereocenters. The highest BCUT2D eigenvalue weighted by Gasteiger charge is 2.28. The van der Waals surface area contributed by atoms with Crippen LogP contribution in [0.2, 0.25) is 0 Å². The number of nitrogens with zero attached hydrogens (tertiary/aromatic N) is 1. The van der Waals surface area contributed by atoms with E-state index in [4.69, 9.17) is 0 Å². The first kappa shape index (κ1) is 11.9. The Morgan fingerprint density at radius 1 is 1.31 bits per heavy atom. The van der Waals surface area contributed by atoms with E-state index in [9.17, 15) is 5.11 Å². The number of rotatable bonds is 3. The van der Waals surface area contributed by atoms with Gasteiger partial charge in [0.25, 0.3) is 0 Å². The number of hydrogen-bond acceptors (Lipinski definition) is 3. The van der Waals surface area contributed by atoms with E-state index < -0.39 is 5.60 Å². The van der Waals surface area contributed by atoms with E-state index in [-0.39, 0.29) is 0 Å². The minimum atomic E-state index is -0.535. The largest absolute Gasteiger partial charge is 0.388 e. The number of pyridine rings is 1. The van der Waals surface area contributed by atoms with Crippen LogP contribution in [0, 0.1) is 0 Å². The number of hydrogen-bond donors (Lipinski definition) is 2. The van der Waals surface area contributed by atoms with Gasteiger partial charge in [0.1, 0.15) is 5.82 Å². The molecule has 0 spiro atoms. The van der Waals surface area contributed by atoms with Gasteiger partial charge < -0.3 is 10.4 Å². The number of nitrogens with one attached hydrogen (secondary N) is 1. The van der Waals surface area contributed by atoms with Crippen molar-refractivity contribution in [2.24, 2.45) is 0 Å². The van der Waals surface area contributed by atoms with Crippen molar-refractivity contribution >= 4 is 21.7 Å². The minimum Gasteiger partial charge on any atom is -0.388 e. The average Bonchev–Trinajstić information content (AvgIpc) is 2.29. The van der Waals surface area contributed by atoms with E-state index in [2.05, 4.69) is 26.2 Å². The van der Waals surface area contributed by atoms with Crippen LogP contribution in [-0.4, -0.2) is 22.2 Å². The second kappa shape index (κ2) is 5.15. The minimum absolute atomic E-state index is 0.535. The maximum Gasteiger partial charge on any atom is 0.126 e. The Kier molecular flexibility index (Phi) is 3.82. The van der Waals surface area contributed by atoms with E-state index in [0.29, 0.717) is 6.54 Å². The van der Waals surface area contributed by atoms with Gasteiger partial charge in [-0.25, -0.2) is 4.98 Å². The molecule has 88 valence electrons. The molecule has 4 heteroatoms. The third-order valence-electron chi connectivity index (χ3n) is 3.11. The zero-order chi connectivity index (χ0) is 11.4. The quantitative estimate of drug-likeness (QED) is 0.897. The number of aromatic nitrogens is 1. The highest BCUT2D eigenvalue weighted by atomic mass is 79.9. The lowest BCUT2D eigenvalue weighted by molar-refractivity contribution is 0.0166. The molecule has 1 heterocycles. The van der Waals surface area contributed by atoms with Crippen molar-refractivity contribution in [3.8, 4) is 0 Å². The summed E-state index contributed by atoms with van der Waals surface area (Å²) in [5.41, 5.74) is -0.535. The topological polar surface area (TPSA) is 45.1 Å². The lowest BCUT2D eigenvalue weighted by atomic mass is 9.85. The third-order valence-corrected chi connectivity index (χ3v) is 3.58. The molecular formula is C12H17BrN2O. The highest BCUT2D eigenvalue weighted by Crippen LogP contribution is 2.28. The van der Waals surface area contributed by atoms with Crippen molar-refractivity contribution < 1.29 is 5.11 Å². The summed E-state index contributed by atoms with van der Waals surface area (Å²) in [5, 5.41) is 13.5. The van der Waals surface area contributed by atoms with Crippen molar-refractivity contribution in [3.63, 3.8) is 0 Å². The van der Waals surface area contributed by atoms with Crippen LogP contribution in [0.1, 0.15) is 32.1 Å². The van der Waals surface area contributed by atoms with Gasteiger partial charge in [-0.3, -0.25) is 0 Å². The van der Waals surface area contributed by atoms with Gasteiger partial charge in [0.2, 0.25) is 0 Å². The van der Waals surface area contributed by atoms with Crippen LogP contribution in [0.15, 0.2) is 22.8 Å². The van der Waals surface area contributed by atoms with E-state index >= 15 is 0 Å². The smallest absolute Gasteiger partial charge is 0.126 e. The predicted octanol–water partition coefficient (Wildman–Crippen LogP) is 2.95. The summed E-state index contributed by atoms with van der Waals surface area (Å²) in [6.45, 7) is 0.599. The second-order valence-corrected chi connectivity index (χ2v) is 5.42. The first-order valence-corrected chi connectivity index (χ1v) is 6.55. The zero-order valence-corrected chi connectivity index (χ0v) is 10.8. The number of anilines is 1. The van der Waals surface area contributed by atoms with E-state index in [1.807, 2.05) is 12.1 Å². The summed E-state index contributed by atoms with van der Waals surface area (Å²) in [6, 6.07) is 3.86. The SMILES string of the molecule is OC1(CNc2ccc(Br)cn2)CCCCC1. The van der Waals surface area contributed by atoms with Gasteiger partial charge >= 0.3 is 0 Å². The summed E-state index contributed by atoms with van der Waals surface area (Å²) in [4.78, 5) is 4.22. The standard InChI is InChI=1S/C12H17BrN2O/c13-10-4-5-11(14-8-10)15-9-12(16)6-2-1-3-7-12/h4-5,8,16H,1-3,6-7,9H2,(H,14,15). The molecule has 1 fully saturated rings. The average molecular weight is 285 g/mol. The fraction of sp³-hybridized carbons (Fsp3) is 0.583. The van der Waals surface area contributed by atoms with Gasteiger partial charge in [-0.05, 0) is 40.9 Å². The summed E-state index contributed by atoms with van der Waals surface area (Å²) < 4.78 is 0.967. The maximum absolute atomic E-state index is 10.3. The molecule has 1 aromatic rings. The lowest BCUT2D eigenvalue weighted by Crippen LogP contribution is -2.38. The Morgan fingerprint density at radius 2 is 2.06 bits per heavy atom. The molecule has 0 aliphatic heterocycles. The van der Waals surface area contributed by atoms with Gasteiger partial charge in [0.05, 0.1) is 5.60 Å². The van der Waals surface area contributed by atoms with Crippen LogP contribution in [0.25, 0.3) is 0 Å².